The number of hydrogen-bond donors (Lipinski definition) is 1. The number of carbonyl (C=O) groups excluding carboxylic acids is 3. The molecule has 3 fully saturated rings. The first-order valence-electron chi connectivity index (χ1n) is 16.0. The quantitative estimate of drug-likeness (QED) is 0.394. The second kappa shape index (κ2) is 14.4. The van der Waals surface area contributed by atoms with Crippen molar-refractivity contribution in [2.75, 3.05) is 26.2 Å². The Balaban J connectivity index is 1.46. The van der Waals surface area contributed by atoms with Crippen LogP contribution in [0.5, 0.6) is 0 Å². The van der Waals surface area contributed by atoms with Gasteiger partial charge in [-0.1, -0.05) is 56.8 Å². The van der Waals surface area contributed by atoms with Gasteiger partial charge < -0.3 is 24.8 Å². The molecule has 3 aliphatic rings. The summed E-state index contributed by atoms with van der Waals surface area (Å²) in [6, 6.07) is 7.49. The number of amides is 3. The van der Waals surface area contributed by atoms with E-state index in [1.165, 1.54) is 6.42 Å². The third-order valence-electron chi connectivity index (χ3n) is 8.84. The molecule has 0 bridgehead atoms. The summed E-state index contributed by atoms with van der Waals surface area (Å²) < 4.78 is 5.65. The van der Waals surface area contributed by atoms with Crippen LogP contribution in [0.15, 0.2) is 24.3 Å². The number of ether oxygens (including phenoxy) is 1. The van der Waals surface area contributed by atoms with E-state index in [4.69, 9.17) is 16.3 Å². The van der Waals surface area contributed by atoms with Crippen molar-refractivity contribution >= 4 is 29.5 Å². The lowest BCUT2D eigenvalue weighted by atomic mass is 9.92. The van der Waals surface area contributed by atoms with E-state index in [0.717, 1.165) is 50.5 Å². The van der Waals surface area contributed by atoms with Crippen molar-refractivity contribution in [1.82, 2.24) is 20.0 Å². The third-order valence-corrected chi connectivity index (χ3v) is 9.09. The van der Waals surface area contributed by atoms with Crippen LogP contribution in [0.2, 0.25) is 5.02 Å². The largest absolute Gasteiger partial charge is 0.444 e. The lowest BCUT2D eigenvalue weighted by Gasteiger charge is -2.39. The fourth-order valence-corrected chi connectivity index (χ4v) is 6.82. The topological polar surface area (TPSA) is 82.2 Å². The minimum absolute atomic E-state index is 0.0304. The molecule has 1 aliphatic carbocycles. The van der Waals surface area contributed by atoms with E-state index in [2.05, 4.69) is 10.2 Å². The van der Waals surface area contributed by atoms with Crippen molar-refractivity contribution in [3.05, 3.63) is 34.9 Å². The van der Waals surface area contributed by atoms with Gasteiger partial charge in [0.1, 0.15) is 5.60 Å². The van der Waals surface area contributed by atoms with Crippen LogP contribution in [0.3, 0.4) is 0 Å². The number of nitrogens with zero attached hydrogens (tertiary/aromatic N) is 3. The van der Waals surface area contributed by atoms with Crippen LogP contribution in [0.1, 0.15) is 91.5 Å². The van der Waals surface area contributed by atoms with Gasteiger partial charge in [-0.15, -0.1) is 0 Å². The predicted molar refractivity (Wildman–Crippen MR) is 166 cm³/mol. The molecule has 1 N–H and O–H groups in total. The number of rotatable bonds is 9. The van der Waals surface area contributed by atoms with E-state index in [-0.39, 0.29) is 42.0 Å². The minimum atomic E-state index is -0.556. The Bertz CT molecular complexity index is 1070. The molecule has 1 saturated carbocycles. The first-order chi connectivity index (χ1) is 19.9. The Morgan fingerprint density at radius 1 is 0.976 bits per heavy atom. The van der Waals surface area contributed by atoms with Gasteiger partial charge in [0.2, 0.25) is 11.8 Å². The van der Waals surface area contributed by atoms with Gasteiger partial charge in [0.25, 0.3) is 0 Å². The molecule has 234 valence electrons. The number of hydrogen-bond acceptors (Lipinski definition) is 5. The van der Waals surface area contributed by atoms with E-state index in [0.29, 0.717) is 37.6 Å². The SMILES string of the molecule is CC(C)C(=O)N(C1CCCCC1)[C@H]1CCN(C(=O)[C@@H](Cc2ccc(Cl)cc2)NC[C@H]2CCCN2C(=O)OC(C)(C)C)C1. The van der Waals surface area contributed by atoms with Crippen LogP contribution >= 0.6 is 11.6 Å². The molecule has 2 saturated heterocycles. The summed E-state index contributed by atoms with van der Waals surface area (Å²) in [5, 5.41) is 4.20. The van der Waals surface area contributed by atoms with E-state index < -0.39 is 11.6 Å². The second-order valence-electron chi connectivity index (χ2n) is 13.7. The zero-order chi connectivity index (χ0) is 30.4. The highest BCUT2D eigenvalue weighted by Crippen LogP contribution is 2.29. The zero-order valence-electron chi connectivity index (χ0n) is 26.2. The first kappa shape index (κ1) is 32.6. The summed E-state index contributed by atoms with van der Waals surface area (Å²) in [5.74, 6) is 0.200. The van der Waals surface area contributed by atoms with E-state index >= 15 is 0 Å². The molecular formula is C33H51ClN4O4. The highest BCUT2D eigenvalue weighted by molar-refractivity contribution is 6.30. The molecule has 0 spiro atoms. The van der Waals surface area contributed by atoms with Gasteiger partial charge in [0.05, 0.1) is 12.1 Å². The number of nitrogens with one attached hydrogen (secondary N) is 1. The van der Waals surface area contributed by atoms with Crippen LogP contribution in [-0.2, 0) is 20.7 Å². The molecule has 0 unspecified atom stereocenters. The van der Waals surface area contributed by atoms with Gasteiger partial charge in [-0.2, -0.15) is 0 Å². The summed E-state index contributed by atoms with van der Waals surface area (Å²) in [6.45, 7) is 12.0. The molecule has 9 heteroatoms. The average Bonchev–Trinajstić information content (AvgIpc) is 3.62. The molecule has 1 aromatic rings. The number of carbonyl (C=O) groups is 3. The summed E-state index contributed by atoms with van der Waals surface area (Å²) in [5.41, 5.74) is 0.467. The Hall–Kier alpha value is -2.32. The molecule has 0 radical (unpaired) electrons. The Labute approximate surface area is 257 Å². The molecule has 42 heavy (non-hydrogen) atoms. The minimum Gasteiger partial charge on any atom is -0.444 e. The summed E-state index contributed by atoms with van der Waals surface area (Å²) in [7, 11) is 0. The lowest BCUT2D eigenvalue weighted by Crippen LogP contribution is -2.53. The zero-order valence-corrected chi connectivity index (χ0v) is 27.0. The van der Waals surface area contributed by atoms with Crippen molar-refractivity contribution < 1.29 is 19.1 Å². The van der Waals surface area contributed by atoms with Gasteiger partial charge in [-0.3, -0.25) is 9.59 Å². The van der Waals surface area contributed by atoms with Gasteiger partial charge in [-0.05, 0) is 77.0 Å². The molecule has 8 nitrogen and oxygen atoms in total. The molecule has 0 aromatic heterocycles. The maximum Gasteiger partial charge on any atom is 0.410 e. The average molecular weight is 603 g/mol. The standard InChI is InChI=1S/C33H51ClN4O4/c1-23(2)30(39)38(26-10-7-6-8-11-26)28-17-19-36(22-28)31(40)29(20-24-13-15-25(34)16-14-24)35-21-27-12-9-18-37(27)32(41)42-33(3,4)5/h13-16,23,26-29,35H,6-12,17-22H2,1-5H3/t27-,28+,29-/m1/s1. The highest BCUT2D eigenvalue weighted by atomic mass is 35.5. The van der Waals surface area contributed by atoms with E-state index in [1.54, 1.807) is 4.90 Å². The molecular weight excluding hydrogens is 552 g/mol. The van der Waals surface area contributed by atoms with Crippen LogP contribution in [0.4, 0.5) is 4.79 Å². The number of halogens is 1. The molecule has 2 heterocycles. The van der Waals surface area contributed by atoms with Gasteiger partial charge in [0, 0.05) is 49.2 Å². The fourth-order valence-electron chi connectivity index (χ4n) is 6.69. The fraction of sp³-hybridized carbons (Fsp3) is 0.727. The van der Waals surface area contributed by atoms with Crippen molar-refractivity contribution in [2.45, 2.75) is 122 Å². The first-order valence-corrected chi connectivity index (χ1v) is 16.4. The predicted octanol–water partition coefficient (Wildman–Crippen LogP) is 5.66. The molecule has 4 rings (SSSR count). The molecule has 1 aromatic carbocycles. The van der Waals surface area contributed by atoms with Crippen molar-refractivity contribution in [3.63, 3.8) is 0 Å². The van der Waals surface area contributed by atoms with Crippen LogP contribution in [0, 0.1) is 5.92 Å². The highest BCUT2D eigenvalue weighted by Gasteiger charge is 2.40. The van der Waals surface area contributed by atoms with Crippen LogP contribution < -0.4 is 5.32 Å². The van der Waals surface area contributed by atoms with E-state index in [9.17, 15) is 14.4 Å². The number of likely N-dealkylation sites (tertiary alicyclic amines) is 2. The van der Waals surface area contributed by atoms with Crippen LogP contribution in [-0.4, -0.2) is 88.6 Å². The molecule has 3 atom stereocenters. The summed E-state index contributed by atoms with van der Waals surface area (Å²) in [4.78, 5) is 46.3. The lowest BCUT2D eigenvalue weighted by molar-refractivity contribution is -0.141. The maximum atomic E-state index is 14.1. The summed E-state index contributed by atoms with van der Waals surface area (Å²) in [6.07, 6.45) is 8.48. The normalized spacial score (nSPS) is 22.5. The van der Waals surface area contributed by atoms with Gasteiger partial charge in [0.15, 0.2) is 0 Å². The molecule has 3 amide bonds. The van der Waals surface area contributed by atoms with Crippen molar-refractivity contribution in [1.29, 1.82) is 0 Å². The maximum absolute atomic E-state index is 14.1. The van der Waals surface area contributed by atoms with E-state index in [1.807, 2.05) is 63.8 Å². The summed E-state index contributed by atoms with van der Waals surface area (Å²) >= 11 is 6.14. The smallest absolute Gasteiger partial charge is 0.410 e. The monoisotopic (exact) mass is 602 g/mol. The second-order valence-corrected chi connectivity index (χ2v) is 14.1. The Morgan fingerprint density at radius 2 is 1.67 bits per heavy atom. The Morgan fingerprint density at radius 3 is 2.31 bits per heavy atom. The van der Waals surface area contributed by atoms with Gasteiger partial charge in [-0.25, -0.2) is 4.79 Å². The third kappa shape index (κ3) is 8.62. The molecule has 2 aliphatic heterocycles. The van der Waals surface area contributed by atoms with Crippen LogP contribution in [0.25, 0.3) is 0 Å². The van der Waals surface area contributed by atoms with Crippen molar-refractivity contribution in [2.24, 2.45) is 5.92 Å². The van der Waals surface area contributed by atoms with Crippen molar-refractivity contribution in [3.8, 4) is 0 Å². The number of benzene rings is 1. The van der Waals surface area contributed by atoms with Gasteiger partial charge >= 0.3 is 6.09 Å². The Kier molecular flexibility index (Phi) is 11.2.